The summed E-state index contributed by atoms with van der Waals surface area (Å²) < 4.78 is 0. The molecule has 0 saturated heterocycles. The van der Waals surface area contributed by atoms with Gasteiger partial charge in [0.1, 0.15) is 5.75 Å². The van der Waals surface area contributed by atoms with Crippen LogP contribution in [0.5, 0.6) is 5.75 Å². The van der Waals surface area contributed by atoms with Gasteiger partial charge in [0.2, 0.25) is 5.91 Å². The van der Waals surface area contributed by atoms with Crippen LogP contribution in [0.3, 0.4) is 0 Å². The lowest BCUT2D eigenvalue weighted by Gasteiger charge is -2.28. The van der Waals surface area contributed by atoms with Gasteiger partial charge in [-0.25, -0.2) is 0 Å². The number of carbonyl (C=O) groups excluding carboxylic acids is 1. The van der Waals surface area contributed by atoms with Crippen LogP contribution in [-0.4, -0.2) is 11.0 Å². The molecule has 0 spiro atoms. The van der Waals surface area contributed by atoms with Gasteiger partial charge in [0.25, 0.3) is 0 Å². The Balaban J connectivity index is 2.20. The predicted octanol–water partition coefficient (Wildman–Crippen LogP) is 9.86. The highest BCUT2D eigenvalue weighted by atomic mass is 16.3. The van der Waals surface area contributed by atoms with E-state index in [1.54, 1.807) is 0 Å². The summed E-state index contributed by atoms with van der Waals surface area (Å²) >= 11 is 0. The van der Waals surface area contributed by atoms with Crippen LogP contribution >= 0.6 is 0 Å². The van der Waals surface area contributed by atoms with Crippen LogP contribution in [0.2, 0.25) is 0 Å². The van der Waals surface area contributed by atoms with Gasteiger partial charge >= 0.3 is 0 Å². The minimum Gasteiger partial charge on any atom is -0.507 e. The standard InChI is InChI=1S/C33H59NO2/c1-8-9-10-11-12-13-14-15-16-17-18-19-20-21-22-23-30(35)34-26-27-24-28(32(2,3)4)31(36)29(25-27)33(5,6)7/h24-25,36H,8-23,26H2,1-7H3,(H,34,35). The van der Waals surface area contributed by atoms with Crippen molar-refractivity contribution in [1.29, 1.82) is 0 Å². The number of phenolic OH excluding ortho intramolecular Hbond substituents is 1. The number of carbonyl (C=O) groups is 1. The summed E-state index contributed by atoms with van der Waals surface area (Å²) in [5, 5.41) is 14.0. The number of aromatic hydroxyl groups is 1. The summed E-state index contributed by atoms with van der Waals surface area (Å²) in [5.74, 6) is 0.523. The summed E-state index contributed by atoms with van der Waals surface area (Å²) in [6.07, 6.45) is 20.6. The maximum atomic E-state index is 12.4. The highest BCUT2D eigenvalue weighted by Gasteiger charge is 2.26. The molecule has 0 aliphatic carbocycles. The van der Waals surface area contributed by atoms with Gasteiger partial charge in [-0.3, -0.25) is 4.79 Å². The molecule has 1 aromatic rings. The Morgan fingerprint density at radius 2 is 1.03 bits per heavy atom. The van der Waals surface area contributed by atoms with E-state index in [9.17, 15) is 9.90 Å². The molecule has 0 aromatic heterocycles. The van der Waals surface area contributed by atoms with Crippen molar-refractivity contribution in [2.24, 2.45) is 0 Å². The lowest BCUT2D eigenvalue weighted by molar-refractivity contribution is -0.121. The van der Waals surface area contributed by atoms with Crippen molar-refractivity contribution in [3.05, 3.63) is 28.8 Å². The number of unbranched alkanes of at least 4 members (excludes halogenated alkanes) is 14. The average Bonchev–Trinajstić information content (AvgIpc) is 2.79. The monoisotopic (exact) mass is 501 g/mol. The number of benzene rings is 1. The second kappa shape index (κ2) is 17.1. The summed E-state index contributed by atoms with van der Waals surface area (Å²) in [6, 6.07) is 4.11. The number of phenols is 1. The Labute approximate surface area is 224 Å². The molecule has 0 fully saturated rings. The van der Waals surface area contributed by atoms with Crippen molar-refractivity contribution in [2.75, 3.05) is 0 Å². The Kier molecular flexibility index (Phi) is 15.4. The molecule has 0 aliphatic rings. The fraction of sp³-hybridized carbons (Fsp3) is 0.788. The topological polar surface area (TPSA) is 49.3 Å². The molecule has 208 valence electrons. The number of hydrogen-bond donors (Lipinski definition) is 2. The molecular weight excluding hydrogens is 442 g/mol. The van der Waals surface area contributed by atoms with Crippen molar-refractivity contribution in [3.8, 4) is 5.75 Å². The first-order valence-corrected chi connectivity index (χ1v) is 15.1. The molecule has 1 aromatic carbocycles. The van der Waals surface area contributed by atoms with Gasteiger partial charge in [-0.1, -0.05) is 138 Å². The Bertz CT molecular complexity index is 704. The van der Waals surface area contributed by atoms with Crippen molar-refractivity contribution >= 4 is 5.91 Å². The van der Waals surface area contributed by atoms with Crippen LogP contribution < -0.4 is 5.32 Å². The van der Waals surface area contributed by atoms with E-state index in [2.05, 4.69) is 65.9 Å². The molecule has 0 atom stereocenters. The van der Waals surface area contributed by atoms with Gasteiger partial charge in [-0.15, -0.1) is 0 Å². The lowest BCUT2D eigenvalue weighted by atomic mass is 9.78. The predicted molar refractivity (Wildman–Crippen MR) is 157 cm³/mol. The fourth-order valence-electron chi connectivity index (χ4n) is 4.89. The zero-order valence-electron chi connectivity index (χ0n) is 25.0. The van der Waals surface area contributed by atoms with Crippen molar-refractivity contribution in [1.82, 2.24) is 5.32 Å². The zero-order chi connectivity index (χ0) is 27.0. The minimum atomic E-state index is -0.155. The first-order chi connectivity index (χ1) is 17.0. The average molecular weight is 502 g/mol. The van der Waals surface area contributed by atoms with Crippen molar-refractivity contribution < 1.29 is 9.90 Å². The van der Waals surface area contributed by atoms with Gasteiger partial charge in [0, 0.05) is 13.0 Å². The third-order valence-electron chi connectivity index (χ3n) is 7.28. The van der Waals surface area contributed by atoms with E-state index < -0.39 is 0 Å². The summed E-state index contributed by atoms with van der Waals surface area (Å²) in [5.41, 5.74) is 2.64. The second-order valence-electron chi connectivity index (χ2n) is 13.0. The lowest BCUT2D eigenvalue weighted by Crippen LogP contribution is -2.24. The van der Waals surface area contributed by atoms with Gasteiger partial charge in [-0.2, -0.15) is 0 Å². The summed E-state index contributed by atoms with van der Waals surface area (Å²) in [4.78, 5) is 12.4. The third-order valence-corrected chi connectivity index (χ3v) is 7.28. The number of nitrogens with one attached hydrogen (secondary N) is 1. The molecular formula is C33H59NO2. The number of hydrogen-bond acceptors (Lipinski definition) is 2. The van der Waals surface area contributed by atoms with Crippen LogP contribution in [-0.2, 0) is 22.2 Å². The maximum Gasteiger partial charge on any atom is 0.220 e. The Morgan fingerprint density at radius 1 is 0.667 bits per heavy atom. The fourth-order valence-corrected chi connectivity index (χ4v) is 4.89. The van der Waals surface area contributed by atoms with E-state index in [0.717, 1.165) is 29.5 Å². The van der Waals surface area contributed by atoms with Crippen LogP contribution in [0, 0.1) is 0 Å². The maximum absolute atomic E-state index is 12.4. The van der Waals surface area contributed by atoms with E-state index >= 15 is 0 Å². The van der Waals surface area contributed by atoms with E-state index in [4.69, 9.17) is 0 Å². The largest absolute Gasteiger partial charge is 0.507 e. The van der Waals surface area contributed by atoms with Crippen LogP contribution in [0.25, 0.3) is 0 Å². The van der Waals surface area contributed by atoms with E-state index in [1.807, 2.05) is 0 Å². The van der Waals surface area contributed by atoms with E-state index in [0.29, 0.717) is 18.7 Å². The molecule has 36 heavy (non-hydrogen) atoms. The summed E-state index contributed by atoms with van der Waals surface area (Å²) in [7, 11) is 0. The van der Waals surface area contributed by atoms with Gasteiger partial charge in [0.15, 0.2) is 0 Å². The van der Waals surface area contributed by atoms with Crippen molar-refractivity contribution in [2.45, 2.75) is 169 Å². The zero-order valence-corrected chi connectivity index (χ0v) is 25.0. The molecule has 1 amide bonds. The molecule has 3 heteroatoms. The highest BCUT2D eigenvalue weighted by Crippen LogP contribution is 2.39. The highest BCUT2D eigenvalue weighted by molar-refractivity contribution is 5.75. The van der Waals surface area contributed by atoms with E-state index in [1.165, 1.54) is 83.5 Å². The molecule has 0 saturated carbocycles. The molecule has 1 rings (SSSR count). The Hall–Kier alpha value is -1.51. The van der Waals surface area contributed by atoms with Crippen LogP contribution in [0.15, 0.2) is 12.1 Å². The molecule has 0 aliphatic heterocycles. The minimum absolute atomic E-state index is 0.132. The van der Waals surface area contributed by atoms with E-state index in [-0.39, 0.29) is 16.7 Å². The first-order valence-electron chi connectivity index (χ1n) is 15.1. The molecule has 0 heterocycles. The molecule has 0 radical (unpaired) electrons. The Morgan fingerprint density at radius 3 is 1.39 bits per heavy atom. The van der Waals surface area contributed by atoms with Gasteiger partial charge < -0.3 is 10.4 Å². The summed E-state index contributed by atoms with van der Waals surface area (Å²) in [6.45, 7) is 15.5. The quantitative estimate of drug-likeness (QED) is 0.197. The third kappa shape index (κ3) is 13.7. The molecule has 3 nitrogen and oxygen atoms in total. The SMILES string of the molecule is CCCCCCCCCCCCCCCCCC(=O)NCc1cc(C(C)(C)C)c(O)c(C(C)(C)C)c1. The molecule has 0 bridgehead atoms. The number of rotatable bonds is 18. The van der Waals surface area contributed by atoms with Crippen molar-refractivity contribution in [3.63, 3.8) is 0 Å². The van der Waals surface area contributed by atoms with Gasteiger partial charge in [-0.05, 0) is 46.1 Å². The smallest absolute Gasteiger partial charge is 0.220 e. The second-order valence-corrected chi connectivity index (χ2v) is 13.0. The number of amides is 1. The van der Waals surface area contributed by atoms with Crippen LogP contribution in [0.4, 0.5) is 0 Å². The first kappa shape index (κ1) is 32.5. The van der Waals surface area contributed by atoms with Crippen LogP contribution in [0.1, 0.15) is 168 Å². The molecule has 0 unspecified atom stereocenters. The normalized spacial score (nSPS) is 12.2. The molecule has 2 N–H and O–H groups in total. The van der Waals surface area contributed by atoms with Gasteiger partial charge in [0.05, 0.1) is 0 Å².